The third kappa shape index (κ3) is 4.59. The Bertz CT molecular complexity index is 1330. The maximum absolute atomic E-state index is 14.2. The minimum absolute atomic E-state index is 0.0238. The molecule has 1 fully saturated rings. The highest BCUT2D eigenvalue weighted by Crippen LogP contribution is 2.31. The predicted molar refractivity (Wildman–Crippen MR) is 121 cm³/mol. The summed E-state index contributed by atoms with van der Waals surface area (Å²) in [5.74, 6) is -0.272. The third-order valence-corrected chi connectivity index (χ3v) is 7.04. The zero-order valence-corrected chi connectivity index (χ0v) is 19.1. The molecule has 5 N–H and O–H groups in total. The van der Waals surface area contributed by atoms with E-state index in [4.69, 9.17) is 16.9 Å². The third-order valence-electron chi connectivity index (χ3n) is 6.16. The Kier molecular flexibility index (Phi) is 6.17. The number of halogens is 4. The van der Waals surface area contributed by atoms with E-state index in [9.17, 15) is 17.6 Å². The van der Waals surface area contributed by atoms with Gasteiger partial charge in [-0.25, -0.2) is 9.38 Å². The number of rotatable bonds is 1. The van der Waals surface area contributed by atoms with E-state index in [2.05, 4.69) is 11.9 Å². The average molecular weight is 480 g/mol. The largest absolute Gasteiger partial charge is 0.417 e. The van der Waals surface area contributed by atoms with Crippen LogP contribution in [0.5, 0.6) is 0 Å². The van der Waals surface area contributed by atoms with Crippen molar-refractivity contribution in [3.63, 3.8) is 0 Å². The number of benzene rings is 2. The molecule has 10 heteroatoms. The lowest BCUT2D eigenvalue weighted by molar-refractivity contribution is -0.138. The van der Waals surface area contributed by atoms with E-state index in [0.29, 0.717) is 29.9 Å². The molecule has 4 rings (SSSR count). The van der Waals surface area contributed by atoms with Crippen LogP contribution in [0.3, 0.4) is 0 Å². The molecule has 0 aliphatic carbocycles. The maximum atomic E-state index is 14.2. The molecule has 0 aromatic heterocycles. The minimum atomic E-state index is -4.68. The van der Waals surface area contributed by atoms with Crippen molar-refractivity contribution in [2.75, 3.05) is 18.8 Å². The van der Waals surface area contributed by atoms with Crippen molar-refractivity contribution in [2.45, 2.75) is 43.8 Å². The van der Waals surface area contributed by atoms with Crippen molar-refractivity contribution in [3.05, 3.63) is 56.7 Å². The average Bonchev–Trinajstić information content (AvgIpc) is 3.04. The summed E-state index contributed by atoms with van der Waals surface area (Å²) in [5, 5.41) is 7.78. The second-order valence-electron chi connectivity index (χ2n) is 8.71. The summed E-state index contributed by atoms with van der Waals surface area (Å²) in [6, 6.07) is 4.62. The smallest absolute Gasteiger partial charge is 0.398 e. The number of fused-ring (bicyclic) bond motifs is 1. The Morgan fingerprint density at radius 2 is 1.91 bits per heavy atom. The molecule has 2 atom stereocenters. The molecule has 0 radical (unpaired) electrons. The van der Waals surface area contributed by atoms with Gasteiger partial charge in [-0.1, -0.05) is 6.92 Å². The maximum Gasteiger partial charge on any atom is 0.417 e. The highest BCUT2D eigenvalue weighted by Gasteiger charge is 2.33. The van der Waals surface area contributed by atoms with E-state index >= 15 is 0 Å². The van der Waals surface area contributed by atoms with Crippen LogP contribution in [0.25, 0.3) is 5.70 Å². The zero-order valence-electron chi connectivity index (χ0n) is 18.3. The first-order valence-corrected chi connectivity index (χ1v) is 11.4. The number of anilines is 1. The molecule has 0 spiro atoms. The molecule has 176 valence electrons. The first kappa shape index (κ1) is 23.6. The van der Waals surface area contributed by atoms with E-state index in [1.165, 1.54) is 12.1 Å². The molecule has 5 nitrogen and oxygen atoms in total. The number of nitrogen functional groups attached to an aromatic ring is 1. The highest BCUT2D eigenvalue weighted by molar-refractivity contribution is 8.14. The standard InChI is InChI=1S/C23H25F4N5S/c1-11-3-4-13(28)10-32(9-11)12(2)15-7-17(23(25,26)27)16(8-19(15)29)14-5-6-18(24)21-20(14)31-22(30)33-21/h5-8,11,13,30H,3-4,9-10,28-29H2,1-2H3/b15-12+,16-14-,30-22?. The molecule has 0 amide bonds. The topological polar surface area (TPSA) is 91.5 Å². The van der Waals surface area contributed by atoms with E-state index in [-0.39, 0.29) is 37.6 Å². The molecule has 2 aromatic carbocycles. The fourth-order valence-electron chi connectivity index (χ4n) is 4.44. The summed E-state index contributed by atoms with van der Waals surface area (Å²) in [6.07, 6.45) is -2.86. The Morgan fingerprint density at radius 3 is 2.61 bits per heavy atom. The van der Waals surface area contributed by atoms with Gasteiger partial charge in [-0.3, -0.25) is 5.41 Å². The number of nitrogens with two attached hydrogens (primary N) is 2. The number of thioether (sulfide) groups is 1. The van der Waals surface area contributed by atoms with Crippen LogP contribution in [0.4, 0.5) is 23.2 Å². The number of nitrogens with zero attached hydrogens (tertiary/aromatic N) is 2. The molecular formula is C23H25F4N5S. The van der Waals surface area contributed by atoms with Gasteiger partial charge in [-0.2, -0.15) is 13.2 Å². The molecule has 2 unspecified atom stereocenters. The first-order valence-electron chi connectivity index (χ1n) is 10.6. The predicted octanol–water partition coefficient (Wildman–Crippen LogP) is 3.56. The van der Waals surface area contributed by atoms with Gasteiger partial charge in [0.2, 0.25) is 0 Å². The molecule has 1 saturated heterocycles. The molecule has 2 aromatic rings. The summed E-state index contributed by atoms with van der Waals surface area (Å²) in [4.78, 5) is 6.03. The molecular weight excluding hydrogens is 454 g/mol. The first-order chi connectivity index (χ1) is 15.5. The van der Waals surface area contributed by atoms with Crippen LogP contribution in [0.1, 0.15) is 32.3 Å². The van der Waals surface area contributed by atoms with Gasteiger partial charge in [0.05, 0.1) is 15.8 Å². The molecule has 2 heterocycles. The fraction of sp³-hybridized carbons (Fsp3) is 0.391. The lowest BCUT2D eigenvalue weighted by Gasteiger charge is -2.27. The summed E-state index contributed by atoms with van der Waals surface area (Å²) >= 11 is 0.780. The van der Waals surface area contributed by atoms with Gasteiger partial charge in [0.25, 0.3) is 0 Å². The molecule has 2 aliphatic heterocycles. The van der Waals surface area contributed by atoms with Gasteiger partial charge >= 0.3 is 6.18 Å². The lowest BCUT2D eigenvalue weighted by atomic mass is 10.0. The number of hydrogen-bond acceptors (Lipinski definition) is 5. The van der Waals surface area contributed by atoms with Crippen LogP contribution in [-0.4, -0.2) is 29.2 Å². The van der Waals surface area contributed by atoms with Gasteiger partial charge < -0.3 is 16.4 Å². The summed E-state index contributed by atoms with van der Waals surface area (Å²) in [7, 11) is 0. The summed E-state index contributed by atoms with van der Waals surface area (Å²) in [5.41, 5.74) is 12.4. The zero-order chi connectivity index (χ0) is 24.1. The molecule has 33 heavy (non-hydrogen) atoms. The summed E-state index contributed by atoms with van der Waals surface area (Å²) in [6.45, 7) is 5.09. The van der Waals surface area contributed by atoms with Crippen LogP contribution in [0.2, 0.25) is 0 Å². The van der Waals surface area contributed by atoms with Gasteiger partial charge in [-0.05, 0) is 66.9 Å². The van der Waals surface area contributed by atoms with Crippen molar-refractivity contribution in [1.82, 2.24) is 4.90 Å². The number of amidine groups is 1. The van der Waals surface area contributed by atoms with Crippen molar-refractivity contribution < 1.29 is 17.6 Å². The number of likely N-dealkylation sites (tertiary alicyclic amines) is 1. The second-order valence-corrected chi connectivity index (χ2v) is 9.71. The monoisotopic (exact) mass is 479 g/mol. The number of alkyl halides is 3. The van der Waals surface area contributed by atoms with E-state index < -0.39 is 17.6 Å². The van der Waals surface area contributed by atoms with Gasteiger partial charge in [-0.15, -0.1) is 0 Å². The fourth-order valence-corrected chi connectivity index (χ4v) is 5.19. The highest BCUT2D eigenvalue weighted by atomic mass is 32.2. The Morgan fingerprint density at radius 1 is 1.18 bits per heavy atom. The van der Waals surface area contributed by atoms with Crippen LogP contribution in [-0.2, 0) is 6.18 Å². The van der Waals surface area contributed by atoms with E-state index in [1.54, 1.807) is 6.92 Å². The van der Waals surface area contributed by atoms with Crippen molar-refractivity contribution in [2.24, 2.45) is 16.6 Å². The van der Waals surface area contributed by atoms with E-state index in [1.807, 2.05) is 4.90 Å². The second kappa shape index (κ2) is 8.64. The Hall–Kier alpha value is -2.59. The minimum Gasteiger partial charge on any atom is -0.398 e. The Balaban J connectivity index is 2.06. The van der Waals surface area contributed by atoms with Crippen LogP contribution in [0, 0.1) is 27.6 Å². The van der Waals surface area contributed by atoms with Crippen molar-refractivity contribution in [3.8, 4) is 0 Å². The summed E-state index contributed by atoms with van der Waals surface area (Å²) < 4.78 is 56.8. The van der Waals surface area contributed by atoms with Crippen molar-refractivity contribution >= 4 is 28.3 Å². The van der Waals surface area contributed by atoms with Gasteiger partial charge in [0.15, 0.2) is 5.17 Å². The van der Waals surface area contributed by atoms with Crippen LogP contribution < -0.4 is 22.0 Å². The van der Waals surface area contributed by atoms with Gasteiger partial charge in [0.1, 0.15) is 5.82 Å². The van der Waals surface area contributed by atoms with Crippen molar-refractivity contribution in [1.29, 1.82) is 5.41 Å². The molecule has 0 bridgehead atoms. The normalized spacial score (nSPS) is 23.1. The van der Waals surface area contributed by atoms with Gasteiger partial charge in [0, 0.05) is 41.0 Å². The lowest BCUT2D eigenvalue weighted by Crippen LogP contribution is -2.37. The Labute approximate surface area is 192 Å². The number of nitrogens with one attached hydrogen (secondary N) is 1. The molecule has 0 saturated carbocycles. The van der Waals surface area contributed by atoms with E-state index in [0.717, 1.165) is 36.7 Å². The number of hydrogen-bond donors (Lipinski definition) is 3. The van der Waals surface area contributed by atoms with Crippen LogP contribution in [0.15, 0.2) is 34.2 Å². The van der Waals surface area contributed by atoms with Crippen LogP contribution >= 0.6 is 11.8 Å². The SMILES string of the molecule is C/C(=c1/cc(C(F)(F)F)/c(=c2/ccc(F)c3c2=NC(=N)S3)cc1N)N1CC(C)CCC(N)C1. The quantitative estimate of drug-likeness (QED) is 0.431. The molecule has 2 aliphatic rings.